The first-order valence-electron chi connectivity index (χ1n) is 9.58. The average Bonchev–Trinajstić information content (AvgIpc) is 2.60. The first-order chi connectivity index (χ1) is 11.5. The lowest BCUT2D eigenvalue weighted by Gasteiger charge is -2.25. The van der Waals surface area contributed by atoms with Crippen LogP contribution in [0.2, 0.25) is 0 Å². The summed E-state index contributed by atoms with van der Waals surface area (Å²) in [6, 6.07) is 0. The van der Waals surface area contributed by atoms with Crippen LogP contribution in [0.3, 0.4) is 0 Å². The molecule has 0 heterocycles. The lowest BCUT2D eigenvalue weighted by Crippen LogP contribution is -2.49. The van der Waals surface area contributed by atoms with E-state index < -0.39 is 31.0 Å². The number of rotatable bonds is 17. The van der Waals surface area contributed by atoms with Gasteiger partial charge in [-0.15, -0.1) is 0 Å². The summed E-state index contributed by atoms with van der Waals surface area (Å²) in [4.78, 5) is 0. The summed E-state index contributed by atoms with van der Waals surface area (Å²) >= 11 is 0. The van der Waals surface area contributed by atoms with Crippen molar-refractivity contribution >= 4 is 0 Å². The van der Waals surface area contributed by atoms with E-state index in [1.54, 1.807) is 0 Å². The van der Waals surface area contributed by atoms with E-state index >= 15 is 0 Å². The Morgan fingerprint density at radius 3 is 1.62 bits per heavy atom. The van der Waals surface area contributed by atoms with Crippen molar-refractivity contribution in [3.63, 3.8) is 0 Å². The molecule has 0 saturated heterocycles. The van der Waals surface area contributed by atoms with Crippen molar-refractivity contribution < 1.29 is 25.5 Å². The molecule has 0 unspecified atom stereocenters. The van der Waals surface area contributed by atoms with Crippen molar-refractivity contribution in [2.75, 3.05) is 19.7 Å². The predicted octanol–water partition coefficient (Wildman–Crippen LogP) is 0.933. The minimum absolute atomic E-state index is 0.147. The van der Waals surface area contributed by atoms with Gasteiger partial charge in [0.05, 0.1) is 12.7 Å². The van der Waals surface area contributed by atoms with Gasteiger partial charge in [0.15, 0.2) is 0 Å². The molecule has 0 fully saturated rings. The van der Waals surface area contributed by atoms with Crippen LogP contribution in [0.1, 0.15) is 71.1 Å². The Bertz CT molecular complexity index is 268. The number of nitrogens with one attached hydrogen (secondary N) is 1. The predicted molar refractivity (Wildman–Crippen MR) is 95.8 cm³/mol. The minimum Gasteiger partial charge on any atom is -0.394 e. The quantitative estimate of drug-likeness (QED) is 0.218. The third-order valence-corrected chi connectivity index (χ3v) is 4.39. The molecule has 0 radical (unpaired) electrons. The molecule has 24 heavy (non-hydrogen) atoms. The Morgan fingerprint density at radius 2 is 1.12 bits per heavy atom. The van der Waals surface area contributed by atoms with Gasteiger partial charge in [-0.1, -0.05) is 64.7 Å². The summed E-state index contributed by atoms with van der Waals surface area (Å²) in [5.74, 6) is 0. The topological polar surface area (TPSA) is 113 Å². The minimum atomic E-state index is -1.55. The van der Waals surface area contributed by atoms with E-state index in [4.69, 9.17) is 5.11 Å². The van der Waals surface area contributed by atoms with Crippen LogP contribution in [0.4, 0.5) is 0 Å². The molecule has 6 N–H and O–H groups in total. The number of aliphatic hydroxyl groups is 5. The fourth-order valence-corrected chi connectivity index (χ4v) is 2.67. The van der Waals surface area contributed by atoms with Crippen LogP contribution in [0.15, 0.2) is 0 Å². The van der Waals surface area contributed by atoms with Crippen molar-refractivity contribution in [1.29, 1.82) is 0 Å². The average molecular weight is 350 g/mol. The van der Waals surface area contributed by atoms with E-state index in [-0.39, 0.29) is 6.54 Å². The Hall–Kier alpha value is -0.240. The van der Waals surface area contributed by atoms with Gasteiger partial charge in [-0.3, -0.25) is 0 Å². The van der Waals surface area contributed by atoms with Gasteiger partial charge in [0, 0.05) is 6.54 Å². The fraction of sp³-hybridized carbons (Fsp3) is 1.00. The Morgan fingerprint density at radius 1 is 0.667 bits per heavy atom. The standard InChI is InChI=1S/C18H39NO5/c1-2-3-4-5-6-7-8-9-10-11-12-19-13-15(21)17(23)18(24)16(22)14-20/h15-24H,2-14H2,1H3/t15-,16-,17-,18-/m1/s1. The number of aliphatic hydroxyl groups excluding tert-OH is 5. The smallest absolute Gasteiger partial charge is 0.111 e. The number of hydrogen-bond donors (Lipinski definition) is 6. The number of hydrogen-bond acceptors (Lipinski definition) is 6. The lowest BCUT2D eigenvalue weighted by atomic mass is 10.0. The Kier molecular flexibility index (Phi) is 16.1. The molecule has 0 spiro atoms. The first kappa shape index (κ1) is 23.8. The molecule has 6 nitrogen and oxygen atoms in total. The van der Waals surface area contributed by atoms with E-state index in [1.165, 1.54) is 51.4 Å². The summed E-state index contributed by atoms with van der Waals surface area (Å²) in [6.07, 6.45) is 7.01. The molecule has 6 heteroatoms. The van der Waals surface area contributed by atoms with Gasteiger partial charge in [-0.05, 0) is 13.0 Å². The van der Waals surface area contributed by atoms with Crippen LogP contribution in [0.25, 0.3) is 0 Å². The highest BCUT2D eigenvalue weighted by atomic mass is 16.4. The largest absolute Gasteiger partial charge is 0.394 e. The van der Waals surface area contributed by atoms with Crippen molar-refractivity contribution in [3.05, 3.63) is 0 Å². The molecular weight excluding hydrogens is 310 g/mol. The monoisotopic (exact) mass is 349 g/mol. The molecule has 0 saturated carbocycles. The summed E-state index contributed by atoms with van der Waals surface area (Å²) in [5, 5.41) is 49.9. The molecule has 0 aromatic carbocycles. The Balaban J connectivity index is 3.43. The van der Waals surface area contributed by atoms with Gasteiger partial charge in [0.1, 0.15) is 18.3 Å². The molecule has 4 atom stereocenters. The number of unbranched alkanes of at least 4 members (excludes halogenated alkanes) is 9. The molecule has 0 aromatic heterocycles. The second-order valence-electron chi connectivity index (χ2n) is 6.68. The molecule has 0 bridgehead atoms. The second kappa shape index (κ2) is 16.2. The van der Waals surface area contributed by atoms with Crippen LogP contribution in [0.5, 0.6) is 0 Å². The van der Waals surface area contributed by atoms with Gasteiger partial charge in [0.25, 0.3) is 0 Å². The van der Waals surface area contributed by atoms with E-state index in [9.17, 15) is 20.4 Å². The first-order valence-corrected chi connectivity index (χ1v) is 9.58. The van der Waals surface area contributed by atoms with Crippen LogP contribution in [-0.4, -0.2) is 69.6 Å². The SMILES string of the molecule is CCCCCCCCCCCCNC[C@@H](O)[C@@H](O)[C@H](O)[C@H](O)CO. The van der Waals surface area contributed by atoms with E-state index in [0.717, 1.165) is 19.4 Å². The molecule has 0 aliphatic heterocycles. The molecule has 0 aliphatic carbocycles. The highest BCUT2D eigenvalue weighted by molar-refractivity contribution is 4.81. The molecular formula is C18H39NO5. The highest BCUT2D eigenvalue weighted by Crippen LogP contribution is 2.10. The van der Waals surface area contributed by atoms with Gasteiger partial charge in [-0.2, -0.15) is 0 Å². The maximum Gasteiger partial charge on any atom is 0.111 e. The third kappa shape index (κ3) is 12.2. The summed E-state index contributed by atoms with van der Waals surface area (Å²) in [7, 11) is 0. The van der Waals surface area contributed by atoms with Gasteiger partial charge in [0.2, 0.25) is 0 Å². The normalized spacial score (nSPS) is 16.8. The third-order valence-electron chi connectivity index (χ3n) is 4.39. The van der Waals surface area contributed by atoms with Crippen LogP contribution >= 0.6 is 0 Å². The van der Waals surface area contributed by atoms with Crippen molar-refractivity contribution in [1.82, 2.24) is 5.32 Å². The highest BCUT2D eigenvalue weighted by Gasteiger charge is 2.29. The summed E-state index contributed by atoms with van der Waals surface area (Å²) in [6.45, 7) is 2.47. The molecule has 0 aromatic rings. The van der Waals surface area contributed by atoms with Crippen molar-refractivity contribution in [2.24, 2.45) is 0 Å². The Labute approximate surface area is 146 Å². The summed E-state index contributed by atoms with van der Waals surface area (Å²) < 4.78 is 0. The van der Waals surface area contributed by atoms with Gasteiger partial charge < -0.3 is 30.8 Å². The molecule has 0 aliphatic rings. The van der Waals surface area contributed by atoms with Crippen LogP contribution in [-0.2, 0) is 0 Å². The van der Waals surface area contributed by atoms with Crippen LogP contribution in [0, 0.1) is 0 Å². The zero-order chi connectivity index (χ0) is 18.2. The maximum atomic E-state index is 9.73. The van der Waals surface area contributed by atoms with E-state index in [0.29, 0.717) is 0 Å². The van der Waals surface area contributed by atoms with Gasteiger partial charge >= 0.3 is 0 Å². The van der Waals surface area contributed by atoms with Crippen molar-refractivity contribution in [3.8, 4) is 0 Å². The zero-order valence-corrected chi connectivity index (χ0v) is 15.2. The van der Waals surface area contributed by atoms with E-state index in [1.807, 2.05) is 0 Å². The lowest BCUT2D eigenvalue weighted by molar-refractivity contribution is -0.113. The molecule has 146 valence electrons. The van der Waals surface area contributed by atoms with E-state index in [2.05, 4.69) is 12.2 Å². The summed E-state index contributed by atoms with van der Waals surface area (Å²) in [5.41, 5.74) is 0. The van der Waals surface area contributed by atoms with Crippen molar-refractivity contribution in [2.45, 2.75) is 95.5 Å². The maximum absolute atomic E-state index is 9.73. The van der Waals surface area contributed by atoms with Gasteiger partial charge in [-0.25, -0.2) is 0 Å². The molecule has 0 amide bonds. The van der Waals surface area contributed by atoms with Crippen LogP contribution < -0.4 is 5.32 Å². The zero-order valence-electron chi connectivity index (χ0n) is 15.2. The molecule has 0 rings (SSSR count). The fourth-order valence-electron chi connectivity index (χ4n) is 2.67. The second-order valence-corrected chi connectivity index (χ2v) is 6.68.